The molecule has 0 saturated carbocycles. The van der Waals surface area contributed by atoms with E-state index in [0.717, 1.165) is 40.6 Å². The van der Waals surface area contributed by atoms with Crippen LogP contribution in [0.15, 0.2) is 48.5 Å². The number of carbonyl (C=O) groups is 1. The van der Waals surface area contributed by atoms with Crippen LogP contribution in [0.2, 0.25) is 0 Å². The molecular formula is C24H12O2S4. The average molecular weight is 461 g/mol. The molecule has 0 aromatic carbocycles. The summed E-state index contributed by atoms with van der Waals surface area (Å²) in [4.78, 5) is 17.2. The largest absolute Gasteiger partial charge is 0.487 e. The SMILES string of the molecule is COc1ccc(C#Cc2ccc(C#Cc3ccc(C#Cc4ccc(C=O)s4)s3)s2)s1. The summed E-state index contributed by atoms with van der Waals surface area (Å²) in [5.74, 6) is 19.0. The van der Waals surface area contributed by atoms with E-state index in [-0.39, 0.29) is 0 Å². The van der Waals surface area contributed by atoms with E-state index in [0.29, 0.717) is 4.88 Å². The van der Waals surface area contributed by atoms with Gasteiger partial charge in [-0.25, -0.2) is 0 Å². The summed E-state index contributed by atoms with van der Waals surface area (Å²) in [5.41, 5.74) is 0. The Bertz CT molecular complexity index is 1380. The highest BCUT2D eigenvalue weighted by atomic mass is 32.1. The normalized spacial score (nSPS) is 9.50. The molecule has 0 bridgehead atoms. The molecule has 0 saturated heterocycles. The van der Waals surface area contributed by atoms with Gasteiger partial charge >= 0.3 is 0 Å². The zero-order valence-corrected chi connectivity index (χ0v) is 18.9. The van der Waals surface area contributed by atoms with Crippen LogP contribution in [-0.2, 0) is 0 Å². The fraction of sp³-hybridized carbons (Fsp3) is 0.0417. The number of aldehydes is 1. The van der Waals surface area contributed by atoms with Gasteiger partial charge in [-0.15, -0.1) is 34.0 Å². The Morgan fingerprint density at radius 1 is 0.600 bits per heavy atom. The van der Waals surface area contributed by atoms with Crippen LogP contribution >= 0.6 is 45.3 Å². The maximum absolute atomic E-state index is 10.7. The lowest BCUT2D eigenvalue weighted by atomic mass is 10.3. The molecule has 4 rings (SSSR count). The summed E-state index contributed by atoms with van der Waals surface area (Å²) in [7, 11) is 1.66. The molecule has 0 N–H and O–H groups in total. The van der Waals surface area contributed by atoms with Crippen LogP contribution in [-0.4, -0.2) is 13.4 Å². The minimum Gasteiger partial charge on any atom is -0.487 e. The van der Waals surface area contributed by atoms with Gasteiger partial charge in [0.1, 0.15) is 0 Å². The summed E-state index contributed by atoms with van der Waals surface area (Å²) in [6.45, 7) is 0. The molecule has 4 heterocycles. The summed E-state index contributed by atoms with van der Waals surface area (Å²) >= 11 is 6.06. The topological polar surface area (TPSA) is 26.3 Å². The van der Waals surface area contributed by atoms with Gasteiger partial charge in [0, 0.05) is 0 Å². The first-order valence-corrected chi connectivity index (χ1v) is 11.9. The van der Waals surface area contributed by atoms with Crippen molar-refractivity contribution in [3.05, 3.63) is 82.7 Å². The lowest BCUT2D eigenvalue weighted by molar-refractivity contribution is 0.112. The second-order valence-electron chi connectivity index (χ2n) is 5.72. The van der Waals surface area contributed by atoms with Crippen LogP contribution < -0.4 is 4.74 Å². The van der Waals surface area contributed by atoms with Gasteiger partial charge in [0.15, 0.2) is 11.3 Å². The molecule has 4 aromatic heterocycles. The molecule has 4 aromatic rings. The molecule has 0 spiro atoms. The highest BCUT2D eigenvalue weighted by Crippen LogP contribution is 2.23. The predicted octanol–water partition coefficient (Wildman–Crippen LogP) is 5.95. The Labute approximate surface area is 190 Å². The molecule has 144 valence electrons. The van der Waals surface area contributed by atoms with Crippen LogP contribution in [0.5, 0.6) is 5.06 Å². The van der Waals surface area contributed by atoms with Crippen LogP contribution in [0.1, 0.15) is 38.9 Å². The molecule has 0 aliphatic rings. The quantitative estimate of drug-likeness (QED) is 0.273. The number of methoxy groups -OCH3 is 1. The van der Waals surface area contributed by atoms with Crippen molar-refractivity contribution in [2.24, 2.45) is 0 Å². The van der Waals surface area contributed by atoms with Crippen LogP contribution in [0, 0.1) is 35.5 Å². The number of ether oxygens (including phenoxy) is 1. The molecule has 0 radical (unpaired) electrons. The standard InChI is InChI=1S/C24H12O2S4/c1-26-24-15-14-22(30-24)11-10-20-7-6-18(28-20)3-2-17-4-5-19(27-17)8-9-21-12-13-23(16-25)29-21/h4-7,12-16H,1H3. The van der Waals surface area contributed by atoms with Crippen molar-refractivity contribution < 1.29 is 9.53 Å². The summed E-state index contributed by atoms with van der Waals surface area (Å²) < 4.78 is 5.19. The molecule has 0 aliphatic heterocycles. The van der Waals surface area contributed by atoms with Gasteiger partial charge in [-0.2, -0.15) is 0 Å². The monoisotopic (exact) mass is 460 g/mol. The molecular weight excluding hydrogens is 449 g/mol. The van der Waals surface area contributed by atoms with Crippen LogP contribution in [0.25, 0.3) is 0 Å². The number of carbonyl (C=O) groups excluding carboxylic acids is 1. The smallest absolute Gasteiger partial charge is 0.174 e. The highest BCUT2D eigenvalue weighted by Gasteiger charge is 1.99. The third-order valence-electron chi connectivity index (χ3n) is 3.66. The lowest BCUT2D eigenvalue weighted by Gasteiger charge is -1.87. The Hall–Kier alpha value is -3.05. The molecule has 0 aliphatic carbocycles. The summed E-state index contributed by atoms with van der Waals surface area (Å²) in [5, 5.41) is 0.859. The average Bonchev–Trinajstić information content (AvgIpc) is 3.56. The maximum Gasteiger partial charge on any atom is 0.174 e. The van der Waals surface area contributed by atoms with Gasteiger partial charge in [-0.05, 0) is 84.1 Å². The third kappa shape index (κ3) is 5.30. The van der Waals surface area contributed by atoms with Crippen molar-refractivity contribution in [3.8, 4) is 40.6 Å². The van der Waals surface area contributed by atoms with Crippen LogP contribution in [0.3, 0.4) is 0 Å². The van der Waals surface area contributed by atoms with E-state index in [1.807, 2.05) is 42.5 Å². The van der Waals surface area contributed by atoms with Crippen molar-refractivity contribution in [1.29, 1.82) is 0 Å². The molecule has 0 atom stereocenters. The van der Waals surface area contributed by atoms with Crippen molar-refractivity contribution in [3.63, 3.8) is 0 Å². The lowest BCUT2D eigenvalue weighted by Crippen LogP contribution is -1.73. The molecule has 30 heavy (non-hydrogen) atoms. The Morgan fingerprint density at radius 3 is 1.40 bits per heavy atom. The number of rotatable bonds is 2. The zero-order valence-electron chi connectivity index (χ0n) is 15.6. The number of thiophene rings is 4. The molecule has 0 amide bonds. The van der Waals surface area contributed by atoms with Gasteiger partial charge < -0.3 is 4.74 Å². The van der Waals surface area contributed by atoms with E-state index in [1.165, 1.54) is 22.7 Å². The Balaban J connectivity index is 1.42. The zero-order chi connectivity index (χ0) is 20.8. The van der Waals surface area contributed by atoms with Crippen molar-refractivity contribution in [2.45, 2.75) is 0 Å². The van der Waals surface area contributed by atoms with E-state index in [9.17, 15) is 4.79 Å². The first kappa shape index (κ1) is 20.2. The van der Waals surface area contributed by atoms with Gasteiger partial charge in [0.25, 0.3) is 0 Å². The fourth-order valence-corrected chi connectivity index (χ4v) is 5.07. The molecule has 6 heteroatoms. The van der Waals surface area contributed by atoms with Gasteiger partial charge in [-0.1, -0.05) is 11.3 Å². The Kier molecular flexibility index (Phi) is 6.50. The minimum absolute atomic E-state index is 0.687. The van der Waals surface area contributed by atoms with E-state index in [2.05, 4.69) is 35.5 Å². The summed E-state index contributed by atoms with van der Waals surface area (Å²) in [6.07, 6.45) is 0.843. The maximum atomic E-state index is 10.7. The molecule has 2 nitrogen and oxygen atoms in total. The molecule has 0 fully saturated rings. The summed E-state index contributed by atoms with van der Waals surface area (Å²) in [6, 6.07) is 15.5. The predicted molar refractivity (Wildman–Crippen MR) is 127 cm³/mol. The van der Waals surface area contributed by atoms with Gasteiger partial charge in [0.2, 0.25) is 0 Å². The second-order valence-corrected chi connectivity index (χ2v) is 10.0. The number of hydrogen-bond acceptors (Lipinski definition) is 6. The minimum atomic E-state index is 0.687. The molecule has 0 unspecified atom stereocenters. The van der Waals surface area contributed by atoms with Crippen molar-refractivity contribution in [1.82, 2.24) is 0 Å². The van der Waals surface area contributed by atoms with E-state index in [1.54, 1.807) is 35.8 Å². The highest BCUT2D eigenvalue weighted by molar-refractivity contribution is 7.15. The van der Waals surface area contributed by atoms with E-state index in [4.69, 9.17) is 4.74 Å². The van der Waals surface area contributed by atoms with Crippen molar-refractivity contribution >= 4 is 51.6 Å². The van der Waals surface area contributed by atoms with E-state index < -0.39 is 0 Å². The van der Waals surface area contributed by atoms with Gasteiger partial charge in [-0.3, -0.25) is 4.79 Å². The fourth-order valence-electron chi connectivity index (χ4n) is 2.29. The third-order valence-corrected chi connectivity index (χ3v) is 7.38. The van der Waals surface area contributed by atoms with Crippen molar-refractivity contribution in [2.75, 3.05) is 7.11 Å². The first-order valence-electron chi connectivity index (χ1n) is 8.66. The van der Waals surface area contributed by atoms with Gasteiger partial charge in [0.05, 0.1) is 41.2 Å². The number of hydrogen-bond donors (Lipinski definition) is 0. The van der Waals surface area contributed by atoms with Crippen LogP contribution in [0.4, 0.5) is 0 Å². The Morgan fingerprint density at radius 2 is 1.00 bits per heavy atom. The van der Waals surface area contributed by atoms with E-state index >= 15 is 0 Å². The first-order chi connectivity index (χ1) is 14.7. The second kappa shape index (κ2) is 9.63.